The standard InChI is InChI=1S/C18H22FN3O3/c1-11-15(12(2)22-21-11)9-18(23)20-16-10-24-7-6-17(16)25-14-5-3-4-13(19)8-14/h3-5,8,16-17H,6-7,9-10H2,1-2H3,(H,20,23)(H,21,22)/t16-,17+/m1/s1. The van der Waals surface area contributed by atoms with Crippen molar-refractivity contribution < 1.29 is 18.7 Å². The van der Waals surface area contributed by atoms with E-state index in [-0.39, 0.29) is 30.3 Å². The summed E-state index contributed by atoms with van der Waals surface area (Å²) >= 11 is 0. The van der Waals surface area contributed by atoms with Crippen molar-refractivity contribution in [3.05, 3.63) is 47.0 Å². The number of hydrogen-bond donors (Lipinski definition) is 2. The molecule has 1 fully saturated rings. The van der Waals surface area contributed by atoms with Crippen LogP contribution in [0.25, 0.3) is 0 Å². The van der Waals surface area contributed by atoms with Crippen LogP contribution < -0.4 is 10.1 Å². The van der Waals surface area contributed by atoms with Crippen LogP contribution in [-0.4, -0.2) is 41.5 Å². The monoisotopic (exact) mass is 347 g/mol. The summed E-state index contributed by atoms with van der Waals surface area (Å²) in [4.78, 5) is 12.4. The Morgan fingerprint density at radius 1 is 1.48 bits per heavy atom. The fourth-order valence-electron chi connectivity index (χ4n) is 2.96. The van der Waals surface area contributed by atoms with E-state index in [0.29, 0.717) is 25.4 Å². The fourth-order valence-corrected chi connectivity index (χ4v) is 2.96. The van der Waals surface area contributed by atoms with Crippen LogP contribution in [0.4, 0.5) is 4.39 Å². The molecule has 6 nitrogen and oxygen atoms in total. The average molecular weight is 347 g/mol. The molecule has 1 aromatic heterocycles. The van der Waals surface area contributed by atoms with Crippen LogP contribution in [0.1, 0.15) is 23.4 Å². The minimum atomic E-state index is -0.351. The Balaban J connectivity index is 1.63. The molecule has 2 N–H and O–H groups in total. The molecule has 2 heterocycles. The van der Waals surface area contributed by atoms with E-state index in [2.05, 4.69) is 15.5 Å². The lowest BCUT2D eigenvalue weighted by atomic mass is 10.0. The first-order chi connectivity index (χ1) is 12.0. The van der Waals surface area contributed by atoms with Crippen LogP contribution in [0.2, 0.25) is 0 Å². The molecule has 7 heteroatoms. The van der Waals surface area contributed by atoms with Crippen LogP contribution in [0.3, 0.4) is 0 Å². The van der Waals surface area contributed by atoms with Gasteiger partial charge in [-0.2, -0.15) is 5.10 Å². The fraction of sp³-hybridized carbons (Fsp3) is 0.444. The molecule has 134 valence electrons. The molecule has 3 rings (SSSR count). The lowest BCUT2D eigenvalue weighted by molar-refractivity contribution is -0.123. The Hall–Kier alpha value is -2.41. The van der Waals surface area contributed by atoms with E-state index in [9.17, 15) is 9.18 Å². The zero-order valence-corrected chi connectivity index (χ0v) is 14.3. The minimum absolute atomic E-state index is 0.115. The maximum atomic E-state index is 13.3. The van der Waals surface area contributed by atoms with E-state index in [4.69, 9.17) is 9.47 Å². The average Bonchev–Trinajstić information content (AvgIpc) is 2.89. The molecule has 1 saturated heterocycles. The van der Waals surface area contributed by atoms with E-state index in [1.807, 2.05) is 13.8 Å². The van der Waals surface area contributed by atoms with E-state index in [1.165, 1.54) is 12.1 Å². The first kappa shape index (κ1) is 17.4. The predicted octanol–water partition coefficient (Wildman–Crippen LogP) is 2.06. The maximum absolute atomic E-state index is 13.3. The molecule has 0 unspecified atom stereocenters. The zero-order valence-electron chi connectivity index (χ0n) is 14.3. The maximum Gasteiger partial charge on any atom is 0.224 e. The highest BCUT2D eigenvalue weighted by Crippen LogP contribution is 2.19. The summed E-state index contributed by atoms with van der Waals surface area (Å²) in [6.07, 6.45) is 0.619. The van der Waals surface area contributed by atoms with Crippen LogP contribution in [-0.2, 0) is 16.0 Å². The van der Waals surface area contributed by atoms with Gasteiger partial charge in [-0.25, -0.2) is 4.39 Å². The van der Waals surface area contributed by atoms with Crippen molar-refractivity contribution in [3.8, 4) is 5.75 Å². The summed E-state index contributed by atoms with van der Waals surface area (Å²) in [5.41, 5.74) is 2.61. The molecule has 2 atom stereocenters. The molecule has 25 heavy (non-hydrogen) atoms. The molecule has 1 aromatic carbocycles. The van der Waals surface area contributed by atoms with Gasteiger partial charge in [-0.05, 0) is 26.0 Å². The van der Waals surface area contributed by atoms with Crippen LogP contribution in [0.15, 0.2) is 24.3 Å². The quantitative estimate of drug-likeness (QED) is 0.868. The normalized spacial score (nSPS) is 20.3. The second kappa shape index (κ2) is 7.65. The van der Waals surface area contributed by atoms with Gasteiger partial charge in [0, 0.05) is 23.7 Å². The highest BCUT2D eigenvalue weighted by atomic mass is 19.1. The van der Waals surface area contributed by atoms with Gasteiger partial charge in [-0.3, -0.25) is 9.89 Å². The number of halogens is 1. The first-order valence-electron chi connectivity index (χ1n) is 8.32. The molecule has 1 aliphatic heterocycles. The van der Waals surface area contributed by atoms with Crippen molar-refractivity contribution in [2.75, 3.05) is 13.2 Å². The van der Waals surface area contributed by atoms with Crippen LogP contribution >= 0.6 is 0 Å². The molecule has 0 saturated carbocycles. The number of nitrogens with one attached hydrogen (secondary N) is 2. The summed E-state index contributed by atoms with van der Waals surface area (Å²) in [6, 6.07) is 5.73. The summed E-state index contributed by atoms with van der Waals surface area (Å²) < 4.78 is 24.7. The van der Waals surface area contributed by atoms with Gasteiger partial charge in [0.05, 0.1) is 31.4 Å². The zero-order chi connectivity index (χ0) is 17.8. The number of carbonyl (C=O) groups excluding carboxylic acids is 1. The third-order valence-corrected chi connectivity index (χ3v) is 4.34. The molecule has 1 amide bonds. The molecule has 0 bridgehead atoms. The Bertz CT molecular complexity index is 727. The lowest BCUT2D eigenvalue weighted by Gasteiger charge is -2.32. The Kier molecular flexibility index (Phi) is 5.33. The van der Waals surface area contributed by atoms with Crippen molar-refractivity contribution in [1.29, 1.82) is 0 Å². The Labute approximate surface area is 145 Å². The van der Waals surface area contributed by atoms with E-state index in [0.717, 1.165) is 17.0 Å². The number of benzene rings is 1. The molecule has 0 radical (unpaired) electrons. The number of rotatable bonds is 5. The van der Waals surface area contributed by atoms with Gasteiger partial charge in [0.15, 0.2) is 0 Å². The summed E-state index contributed by atoms with van der Waals surface area (Å²) in [5.74, 6) is -0.0142. The third kappa shape index (κ3) is 4.36. The molecule has 0 aliphatic carbocycles. The number of amides is 1. The number of ether oxygens (including phenoxy) is 2. The largest absolute Gasteiger partial charge is 0.488 e. The smallest absolute Gasteiger partial charge is 0.224 e. The van der Waals surface area contributed by atoms with E-state index < -0.39 is 0 Å². The van der Waals surface area contributed by atoms with Crippen molar-refractivity contribution in [1.82, 2.24) is 15.5 Å². The number of aromatic nitrogens is 2. The minimum Gasteiger partial charge on any atom is -0.488 e. The van der Waals surface area contributed by atoms with Gasteiger partial charge in [0.1, 0.15) is 17.7 Å². The van der Waals surface area contributed by atoms with E-state index in [1.54, 1.807) is 12.1 Å². The second-order valence-electron chi connectivity index (χ2n) is 6.24. The predicted molar refractivity (Wildman–Crippen MR) is 89.9 cm³/mol. The lowest BCUT2D eigenvalue weighted by Crippen LogP contribution is -2.52. The Morgan fingerprint density at radius 3 is 3.04 bits per heavy atom. The summed E-state index contributed by atoms with van der Waals surface area (Å²) in [7, 11) is 0. The third-order valence-electron chi connectivity index (χ3n) is 4.34. The number of aromatic amines is 1. The topological polar surface area (TPSA) is 76.2 Å². The van der Waals surface area contributed by atoms with Gasteiger partial charge in [-0.15, -0.1) is 0 Å². The molecule has 0 spiro atoms. The number of aryl methyl sites for hydroxylation is 2. The molecule has 2 aromatic rings. The SMILES string of the molecule is Cc1n[nH]c(C)c1CC(=O)N[C@@H]1COCC[C@@H]1Oc1cccc(F)c1. The van der Waals surface area contributed by atoms with Gasteiger partial charge in [0.2, 0.25) is 5.91 Å². The van der Waals surface area contributed by atoms with Crippen molar-refractivity contribution in [3.63, 3.8) is 0 Å². The van der Waals surface area contributed by atoms with Crippen LogP contribution in [0, 0.1) is 19.7 Å². The number of nitrogens with zero attached hydrogens (tertiary/aromatic N) is 1. The van der Waals surface area contributed by atoms with Gasteiger partial charge in [-0.1, -0.05) is 6.07 Å². The van der Waals surface area contributed by atoms with Gasteiger partial charge < -0.3 is 14.8 Å². The number of hydrogen-bond acceptors (Lipinski definition) is 4. The van der Waals surface area contributed by atoms with Crippen molar-refractivity contribution in [2.24, 2.45) is 0 Å². The van der Waals surface area contributed by atoms with Gasteiger partial charge in [0.25, 0.3) is 0 Å². The first-order valence-corrected chi connectivity index (χ1v) is 8.32. The van der Waals surface area contributed by atoms with Crippen molar-refractivity contribution in [2.45, 2.75) is 38.8 Å². The Morgan fingerprint density at radius 2 is 2.32 bits per heavy atom. The highest BCUT2D eigenvalue weighted by molar-refractivity contribution is 5.79. The second-order valence-corrected chi connectivity index (χ2v) is 6.24. The highest BCUT2D eigenvalue weighted by Gasteiger charge is 2.29. The van der Waals surface area contributed by atoms with Gasteiger partial charge >= 0.3 is 0 Å². The van der Waals surface area contributed by atoms with Crippen LogP contribution in [0.5, 0.6) is 5.75 Å². The molecular formula is C18H22FN3O3. The van der Waals surface area contributed by atoms with E-state index >= 15 is 0 Å². The number of carbonyl (C=O) groups is 1. The van der Waals surface area contributed by atoms with Crippen molar-refractivity contribution >= 4 is 5.91 Å². The summed E-state index contributed by atoms with van der Waals surface area (Å²) in [5, 5.41) is 9.96. The molecule has 1 aliphatic rings. The summed E-state index contributed by atoms with van der Waals surface area (Å²) in [6.45, 7) is 4.68. The molecular weight excluding hydrogens is 325 g/mol. The number of H-pyrrole nitrogens is 1.